The van der Waals surface area contributed by atoms with E-state index >= 15 is 0 Å². The minimum Gasteiger partial charge on any atom is -0.383 e. The molecule has 0 aromatic carbocycles. The van der Waals surface area contributed by atoms with Crippen LogP contribution < -0.4 is 5.73 Å². The van der Waals surface area contributed by atoms with Gasteiger partial charge >= 0.3 is 11.8 Å². The summed E-state index contributed by atoms with van der Waals surface area (Å²) in [5.41, 5.74) is 8.37. The number of nitrogen functional groups attached to an aromatic ring is 1. The van der Waals surface area contributed by atoms with E-state index in [1.54, 1.807) is 19.9 Å². The maximum Gasteiger partial charge on any atom is 0.311 e. The molecule has 12 heteroatoms. The van der Waals surface area contributed by atoms with Crippen molar-refractivity contribution in [3.05, 3.63) is 23.5 Å². The van der Waals surface area contributed by atoms with E-state index < -0.39 is 24.8 Å². The molecule has 30 heavy (non-hydrogen) atoms. The maximum absolute atomic E-state index is 13.8. The van der Waals surface area contributed by atoms with Crippen LogP contribution in [-0.4, -0.2) is 46.8 Å². The van der Waals surface area contributed by atoms with Crippen LogP contribution >= 0.6 is 0 Å². The molecule has 8 nitrogen and oxygen atoms in total. The van der Waals surface area contributed by atoms with Gasteiger partial charge < -0.3 is 5.73 Å². The third-order valence-corrected chi connectivity index (χ3v) is 4.84. The number of anilines is 1. The molecule has 0 aliphatic carbocycles. The smallest absolute Gasteiger partial charge is 0.311 e. The van der Waals surface area contributed by atoms with E-state index in [0.29, 0.717) is 22.1 Å². The van der Waals surface area contributed by atoms with Crippen molar-refractivity contribution in [2.45, 2.75) is 45.6 Å². The van der Waals surface area contributed by atoms with Gasteiger partial charge in [-0.2, -0.15) is 19.0 Å². The van der Waals surface area contributed by atoms with Crippen molar-refractivity contribution in [2.24, 2.45) is 0 Å². The highest BCUT2D eigenvalue weighted by molar-refractivity contribution is 5.93. The van der Waals surface area contributed by atoms with Crippen molar-refractivity contribution < 1.29 is 17.6 Å². The van der Waals surface area contributed by atoms with Crippen molar-refractivity contribution in [1.29, 1.82) is 0 Å². The summed E-state index contributed by atoms with van der Waals surface area (Å²) in [5, 5.41) is 12.2. The second kappa shape index (κ2) is 6.61. The van der Waals surface area contributed by atoms with Gasteiger partial charge in [0, 0.05) is 31.8 Å². The zero-order chi connectivity index (χ0) is 21.8. The molecule has 4 aromatic rings. The van der Waals surface area contributed by atoms with Crippen LogP contribution in [-0.2, 0) is 6.54 Å². The van der Waals surface area contributed by atoms with Gasteiger partial charge in [-0.3, -0.25) is 5.10 Å². The van der Waals surface area contributed by atoms with Crippen molar-refractivity contribution in [3.8, 4) is 11.5 Å². The second-order valence-corrected chi connectivity index (χ2v) is 7.28. The number of aromatic amines is 1. The minimum atomic E-state index is -4.19. The van der Waals surface area contributed by atoms with Gasteiger partial charge in [0.25, 0.3) is 0 Å². The monoisotopic (exact) mass is 422 g/mol. The Kier molecular flexibility index (Phi) is 4.40. The van der Waals surface area contributed by atoms with E-state index in [9.17, 15) is 17.6 Å². The van der Waals surface area contributed by atoms with Crippen LogP contribution in [0.2, 0.25) is 0 Å². The van der Waals surface area contributed by atoms with E-state index in [2.05, 4.69) is 30.2 Å². The highest BCUT2D eigenvalue weighted by Crippen LogP contribution is 2.37. The van der Waals surface area contributed by atoms with Crippen LogP contribution in [0.1, 0.15) is 24.6 Å². The highest BCUT2D eigenvalue weighted by atomic mass is 19.3. The molecule has 0 amide bonds. The number of pyridine rings is 1. The lowest BCUT2D eigenvalue weighted by Gasteiger charge is -2.22. The Hall–Kier alpha value is -3.31. The van der Waals surface area contributed by atoms with E-state index in [-0.39, 0.29) is 29.9 Å². The van der Waals surface area contributed by atoms with Crippen LogP contribution in [0.25, 0.3) is 33.6 Å². The second-order valence-electron chi connectivity index (χ2n) is 7.28. The summed E-state index contributed by atoms with van der Waals surface area (Å²) in [7, 11) is 0. The topological polar surface area (TPSA) is 111 Å². The van der Waals surface area contributed by atoms with Gasteiger partial charge in [0.05, 0.1) is 10.8 Å². The molecule has 0 aliphatic rings. The number of aryl methyl sites for hydroxylation is 3. The molecule has 0 unspecified atom stereocenters. The predicted molar refractivity (Wildman–Crippen MR) is 102 cm³/mol. The van der Waals surface area contributed by atoms with Crippen LogP contribution in [0.4, 0.5) is 23.4 Å². The fraction of sp³-hybridized carbons (Fsp3) is 0.389. The van der Waals surface area contributed by atoms with E-state index in [1.807, 2.05) is 0 Å². The fourth-order valence-corrected chi connectivity index (χ4v) is 3.16. The van der Waals surface area contributed by atoms with Crippen LogP contribution in [0, 0.1) is 13.8 Å². The number of nitrogens with two attached hydrogens (primary N) is 1. The Morgan fingerprint density at radius 3 is 2.60 bits per heavy atom. The molecule has 0 spiro atoms. The molecule has 158 valence electrons. The lowest BCUT2D eigenvalue weighted by molar-refractivity contribution is -0.202. The summed E-state index contributed by atoms with van der Waals surface area (Å²) in [6.07, 6.45) is 0.426. The minimum absolute atomic E-state index is 0.134. The van der Waals surface area contributed by atoms with Gasteiger partial charge in [-0.15, -0.1) is 0 Å². The standard InChI is InChI=1S/C18H18F4N8/c1-8-6-10-12(15-25-13(23)11-9(2)27-28-14(11)26-15)29-30(16(10)24-7-8)5-4-18(21,22)17(3,19)20/h6-7H,4-5H2,1-3H3,(H3,23,25,26,27,28). The largest absolute Gasteiger partial charge is 0.383 e. The summed E-state index contributed by atoms with van der Waals surface area (Å²) in [6, 6.07) is 1.74. The summed E-state index contributed by atoms with van der Waals surface area (Å²) in [6.45, 7) is 3.30. The van der Waals surface area contributed by atoms with Crippen molar-refractivity contribution >= 4 is 27.9 Å². The Morgan fingerprint density at radius 2 is 1.90 bits per heavy atom. The van der Waals surface area contributed by atoms with Crippen LogP contribution in [0.5, 0.6) is 0 Å². The highest BCUT2D eigenvalue weighted by Gasteiger charge is 2.51. The number of hydrogen-bond acceptors (Lipinski definition) is 6. The van der Waals surface area contributed by atoms with Gasteiger partial charge in [0.15, 0.2) is 17.1 Å². The number of nitrogens with zero attached hydrogens (tertiary/aromatic N) is 6. The lowest BCUT2D eigenvalue weighted by atomic mass is 10.1. The summed E-state index contributed by atoms with van der Waals surface area (Å²) in [4.78, 5) is 12.9. The summed E-state index contributed by atoms with van der Waals surface area (Å²) < 4.78 is 55.1. The number of aromatic nitrogens is 7. The third-order valence-electron chi connectivity index (χ3n) is 4.84. The maximum atomic E-state index is 13.8. The fourth-order valence-electron chi connectivity index (χ4n) is 3.16. The molecular formula is C18H18F4N8. The van der Waals surface area contributed by atoms with Gasteiger partial charge in [0.1, 0.15) is 11.5 Å². The van der Waals surface area contributed by atoms with Crippen LogP contribution in [0.15, 0.2) is 12.3 Å². The van der Waals surface area contributed by atoms with Crippen molar-refractivity contribution in [1.82, 2.24) is 34.9 Å². The molecule has 0 fully saturated rings. The molecule has 3 N–H and O–H groups in total. The third kappa shape index (κ3) is 3.21. The lowest BCUT2D eigenvalue weighted by Crippen LogP contribution is -2.38. The number of halogens is 4. The molecule has 0 bridgehead atoms. The predicted octanol–water partition coefficient (Wildman–Crippen LogP) is 3.64. The number of nitrogens with one attached hydrogen (secondary N) is 1. The number of rotatable bonds is 5. The number of fused-ring (bicyclic) bond motifs is 2. The Balaban J connectivity index is 1.83. The molecule has 4 rings (SSSR count). The molecule has 0 saturated carbocycles. The molecule has 0 aliphatic heterocycles. The molecule has 4 heterocycles. The molecule has 4 aromatic heterocycles. The van der Waals surface area contributed by atoms with E-state index in [1.165, 1.54) is 6.20 Å². The zero-order valence-electron chi connectivity index (χ0n) is 16.3. The van der Waals surface area contributed by atoms with Crippen molar-refractivity contribution in [3.63, 3.8) is 0 Å². The van der Waals surface area contributed by atoms with E-state index in [0.717, 1.165) is 10.2 Å². The Morgan fingerprint density at radius 1 is 1.17 bits per heavy atom. The average molecular weight is 422 g/mol. The van der Waals surface area contributed by atoms with Crippen molar-refractivity contribution in [2.75, 3.05) is 5.73 Å². The Labute approximate surface area is 167 Å². The molecule has 0 radical (unpaired) electrons. The molecule has 0 atom stereocenters. The van der Waals surface area contributed by atoms with Gasteiger partial charge in [0.2, 0.25) is 0 Å². The number of hydrogen-bond donors (Lipinski definition) is 2. The quantitative estimate of drug-likeness (QED) is 0.475. The first-order valence-electron chi connectivity index (χ1n) is 9.05. The number of alkyl halides is 4. The first-order valence-corrected chi connectivity index (χ1v) is 9.05. The van der Waals surface area contributed by atoms with Gasteiger partial charge in [-0.05, 0) is 25.5 Å². The van der Waals surface area contributed by atoms with Gasteiger partial charge in [-0.25, -0.2) is 28.4 Å². The molecular weight excluding hydrogens is 404 g/mol. The van der Waals surface area contributed by atoms with E-state index in [4.69, 9.17) is 5.73 Å². The number of H-pyrrole nitrogens is 1. The average Bonchev–Trinajstić information content (AvgIpc) is 3.19. The summed E-state index contributed by atoms with van der Waals surface area (Å²) in [5.74, 6) is -8.02. The Bertz CT molecular complexity index is 1250. The first kappa shape index (κ1) is 20.0. The molecule has 0 saturated heterocycles. The zero-order valence-corrected chi connectivity index (χ0v) is 16.3. The van der Waals surface area contributed by atoms with Gasteiger partial charge in [-0.1, -0.05) is 0 Å². The normalized spacial score (nSPS) is 12.9. The van der Waals surface area contributed by atoms with Crippen LogP contribution in [0.3, 0.4) is 0 Å². The summed E-state index contributed by atoms with van der Waals surface area (Å²) >= 11 is 0. The first-order chi connectivity index (χ1) is 14.0. The SMILES string of the molecule is Cc1cnc2c(c1)c(-c1nc(N)c3c(C)[nH]nc3n1)nn2CCC(F)(F)C(C)(F)F.